The molecule has 138 valence electrons. The molecule has 1 heterocycles. The number of benzene rings is 2. The average molecular weight is 385 g/mol. The van der Waals surface area contributed by atoms with Crippen LogP contribution in [-0.4, -0.2) is 36.2 Å². The Morgan fingerprint density at radius 3 is 2.40 bits per heavy atom. The predicted molar refractivity (Wildman–Crippen MR) is 106 cm³/mol. The molecule has 0 aliphatic carbocycles. The van der Waals surface area contributed by atoms with Crippen LogP contribution in [0.1, 0.15) is 24.1 Å². The summed E-state index contributed by atoms with van der Waals surface area (Å²) in [6.45, 7) is 6.67. The van der Waals surface area contributed by atoms with Crippen molar-refractivity contribution < 1.29 is 9.84 Å². The smallest absolute Gasteiger partial charge is 0.124 e. The molecule has 0 radical (unpaired) electrons. The van der Waals surface area contributed by atoms with E-state index in [1.54, 1.807) is 6.07 Å². The zero-order valence-corrected chi connectivity index (χ0v) is 16.0. The lowest BCUT2D eigenvalue weighted by Crippen LogP contribution is -2.44. The maximum Gasteiger partial charge on any atom is 0.124 e. The molecule has 1 fully saturated rings. The first-order chi connectivity index (χ1) is 11.2. The fraction of sp³-hybridized carbons (Fsp3) is 0.368. The number of hydrogen-bond acceptors (Lipinski definition) is 4. The van der Waals surface area contributed by atoms with Crippen molar-refractivity contribution in [1.29, 1.82) is 0 Å². The van der Waals surface area contributed by atoms with Gasteiger partial charge in [0, 0.05) is 43.9 Å². The zero-order valence-electron chi connectivity index (χ0n) is 14.4. The molecule has 2 aromatic carbocycles. The third kappa shape index (κ3) is 5.79. The van der Waals surface area contributed by atoms with E-state index in [0.29, 0.717) is 18.1 Å². The van der Waals surface area contributed by atoms with E-state index < -0.39 is 0 Å². The van der Waals surface area contributed by atoms with Crippen molar-refractivity contribution in [2.24, 2.45) is 0 Å². The summed E-state index contributed by atoms with van der Waals surface area (Å²) in [6, 6.07) is 15.9. The number of ether oxygens (including phenoxy) is 1. The Hall–Kier alpha value is -1.46. The Balaban J connectivity index is 0.00000156. The Labute approximate surface area is 162 Å². The molecule has 2 aromatic rings. The number of rotatable bonds is 5. The quantitative estimate of drug-likeness (QED) is 0.822. The van der Waals surface area contributed by atoms with Gasteiger partial charge in [0.05, 0.1) is 0 Å². The minimum atomic E-state index is 0. The van der Waals surface area contributed by atoms with Gasteiger partial charge in [-0.15, -0.1) is 24.8 Å². The molecule has 1 aliphatic rings. The van der Waals surface area contributed by atoms with Gasteiger partial charge in [0.25, 0.3) is 0 Å². The van der Waals surface area contributed by atoms with E-state index in [9.17, 15) is 5.11 Å². The second-order valence-corrected chi connectivity index (χ2v) is 5.96. The van der Waals surface area contributed by atoms with Gasteiger partial charge in [-0.1, -0.05) is 36.4 Å². The van der Waals surface area contributed by atoms with Crippen molar-refractivity contribution in [3.8, 4) is 11.5 Å². The second kappa shape index (κ2) is 10.5. The monoisotopic (exact) mass is 384 g/mol. The minimum absolute atomic E-state index is 0. The lowest BCUT2D eigenvalue weighted by molar-refractivity contribution is 0.182. The standard InChI is InChI=1S/C19H24N2O2.2ClH/c1-15(21-11-9-20-10-12-21)18-8-7-17(13-19(18)22)23-14-16-5-3-2-4-6-16;;/h2-8,13,15,20,22H,9-12,14H2,1H3;2*1H/t15-;;/m0../s1. The van der Waals surface area contributed by atoms with Gasteiger partial charge >= 0.3 is 0 Å². The Kier molecular flexibility index (Phi) is 9.08. The molecule has 0 spiro atoms. The van der Waals surface area contributed by atoms with Crippen molar-refractivity contribution >= 4 is 24.8 Å². The van der Waals surface area contributed by atoms with E-state index in [1.165, 1.54) is 0 Å². The summed E-state index contributed by atoms with van der Waals surface area (Å²) in [6.07, 6.45) is 0. The maximum absolute atomic E-state index is 10.4. The van der Waals surface area contributed by atoms with Gasteiger partial charge in [0.2, 0.25) is 0 Å². The molecule has 25 heavy (non-hydrogen) atoms. The van der Waals surface area contributed by atoms with Crippen LogP contribution in [0.3, 0.4) is 0 Å². The first-order valence-electron chi connectivity index (χ1n) is 8.18. The van der Waals surface area contributed by atoms with E-state index >= 15 is 0 Å². The molecule has 1 saturated heterocycles. The SMILES string of the molecule is C[C@@H](c1ccc(OCc2ccccc2)cc1O)N1CCNCC1.Cl.Cl. The maximum atomic E-state index is 10.4. The Morgan fingerprint density at radius 1 is 1.08 bits per heavy atom. The number of halogens is 2. The fourth-order valence-electron chi connectivity index (χ4n) is 2.97. The summed E-state index contributed by atoms with van der Waals surface area (Å²) < 4.78 is 5.77. The Bertz CT molecular complexity index is 635. The highest BCUT2D eigenvalue weighted by molar-refractivity contribution is 5.85. The molecule has 3 rings (SSSR count). The Morgan fingerprint density at radius 2 is 1.76 bits per heavy atom. The summed E-state index contributed by atoms with van der Waals surface area (Å²) in [4.78, 5) is 2.38. The first kappa shape index (κ1) is 21.6. The van der Waals surface area contributed by atoms with Crippen LogP contribution in [0.25, 0.3) is 0 Å². The zero-order chi connectivity index (χ0) is 16.1. The van der Waals surface area contributed by atoms with Crippen LogP contribution in [0.2, 0.25) is 0 Å². The van der Waals surface area contributed by atoms with Gasteiger partial charge in [-0.2, -0.15) is 0 Å². The molecule has 6 heteroatoms. The molecular formula is C19H26Cl2N2O2. The molecule has 0 bridgehead atoms. The fourth-order valence-corrected chi connectivity index (χ4v) is 2.97. The number of nitrogens with zero attached hydrogens (tertiary/aromatic N) is 1. The lowest BCUT2D eigenvalue weighted by atomic mass is 10.0. The minimum Gasteiger partial charge on any atom is -0.507 e. The van der Waals surface area contributed by atoms with Crippen LogP contribution in [0.15, 0.2) is 48.5 Å². The summed E-state index contributed by atoms with van der Waals surface area (Å²) in [5.74, 6) is 1.00. The van der Waals surface area contributed by atoms with Crippen LogP contribution in [-0.2, 0) is 6.61 Å². The van der Waals surface area contributed by atoms with Crippen molar-refractivity contribution in [3.63, 3.8) is 0 Å². The summed E-state index contributed by atoms with van der Waals surface area (Å²) in [5.41, 5.74) is 2.07. The van der Waals surface area contributed by atoms with Crippen LogP contribution in [0, 0.1) is 0 Å². The summed E-state index contributed by atoms with van der Waals surface area (Å²) >= 11 is 0. The number of nitrogens with one attached hydrogen (secondary N) is 1. The third-order valence-electron chi connectivity index (χ3n) is 4.40. The van der Waals surface area contributed by atoms with Gasteiger partial charge in [0.15, 0.2) is 0 Å². The summed E-state index contributed by atoms with van der Waals surface area (Å²) in [7, 11) is 0. The molecule has 4 nitrogen and oxygen atoms in total. The van der Waals surface area contributed by atoms with Crippen molar-refractivity contribution in [2.75, 3.05) is 26.2 Å². The molecule has 0 aromatic heterocycles. The van der Waals surface area contributed by atoms with Crippen LogP contribution in [0.5, 0.6) is 11.5 Å². The number of aromatic hydroxyl groups is 1. The molecule has 1 aliphatic heterocycles. The highest BCUT2D eigenvalue weighted by atomic mass is 35.5. The second-order valence-electron chi connectivity index (χ2n) is 5.96. The van der Waals surface area contributed by atoms with Gasteiger partial charge in [-0.25, -0.2) is 0 Å². The molecule has 0 amide bonds. The molecule has 0 unspecified atom stereocenters. The van der Waals surface area contributed by atoms with E-state index in [0.717, 1.165) is 37.3 Å². The third-order valence-corrected chi connectivity index (χ3v) is 4.40. The van der Waals surface area contributed by atoms with Gasteiger partial charge in [-0.05, 0) is 18.6 Å². The van der Waals surface area contributed by atoms with Gasteiger partial charge in [-0.3, -0.25) is 4.90 Å². The highest BCUT2D eigenvalue weighted by Gasteiger charge is 2.20. The lowest BCUT2D eigenvalue weighted by Gasteiger charge is -2.33. The normalized spacial score (nSPS) is 15.6. The van der Waals surface area contributed by atoms with E-state index in [1.807, 2.05) is 42.5 Å². The van der Waals surface area contributed by atoms with Gasteiger partial charge < -0.3 is 15.2 Å². The van der Waals surface area contributed by atoms with Crippen LogP contribution in [0.4, 0.5) is 0 Å². The summed E-state index contributed by atoms with van der Waals surface area (Å²) in [5, 5.41) is 13.7. The van der Waals surface area contributed by atoms with E-state index in [-0.39, 0.29) is 30.9 Å². The molecular weight excluding hydrogens is 359 g/mol. The number of hydrogen-bond donors (Lipinski definition) is 2. The van der Waals surface area contributed by atoms with Crippen LogP contribution < -0.4 is 10.1 Å². The van der Waals surface area contributed by atoms with E-state index in [2.05, 4.69) is 17.1 Å². The molecule has 2 N–H and O–H groups in total. The first-order valence-corrected chi connectivity index (χ1v) is 8.18. The number of phenols is 1. The van der Waals surface area contributed by atoms with Gasteiger partial charge in [0.1, 0.15) is 18.1 Å². The number of phenolic OH excluding ortho intramolecular Hbond substituents is 1. The largest absolute Gasteiger partial charge is 0.507 e. The molecule has 1 atom stereocenters. The predicted octanol–water partition coefficient (Wildman–Crippen LogP) is 3.78. The number of piperazine rings is 1. The van der Waals surface area contributed by atoms with Crippen molar-refractivity contribution in [2.45, 2.75) is 19.6 Å². The van der Waals surface area contributed by atoms with E-state index in [4.69, 9.17) is 4.74 Å². The topological polar surface area (TPSA) is 44.7 Å². The molecule has 0 saturated carbocycles. The average Bonchev–Trinajstić information content (AvgIpc) is 2.61. The van der Waals surface area contributed by atoms with Crippen LogP contribution >= 0.6 is 24.8 Å². The van der Waals surface area contributed by atoms with Crippen molar-refractivity contribution in [3.05, 3.63) is 59.7 Å². The highest BCUT2D eigenvalue weighted by Crippen LogP contribution is 2.32. The van der Waals surface area contributed by atoms with Crippen molar-refractivity contribution in [1.82, 2.24) is 10.2 Å².